The third-order valence-electron chi connectivity index (χ3n) is 5.38. The first-order chi connectivity index (χ1) is 11.6. The number of rotatable bonds is 4. The van der Waals surface area contributed by atoms with E-state index in [2.05, 4.69) is 5.32 Å². The van der Waals surface area contributed by atoms with Crippen LogP contribution in [0, 0.1) is 5.41 Å². The van der Waals surface area contributed by atoms with Crippen molar-refractivity contribution in [2.75, 3.05) is 47.5 Å². The number of carbonyl (C=O) groups is 1. The third-order valence-corrected chi connectivity index (χ3v) is 5.38. The van der Waals surface area contributed by atoms with Crippen molar-refractivity contribution in [3.8, 4) is 17.2 Å². The molecule has 1 aromatic rings. The first-order valence-corrected chi connectivity index (χ1v) is 8.42. The van der Waals surface area contributed by atoms with E-state index in [1.165, 1.54) is 6.42 Å². The van der Waals surface area contributed by atoms with E-state index in [9.17, 15) is 4.79 Å². The number of amides is 1. The number of ether oxygens (including phenoxy) is 3. The van der Waals surface area contributed by atoms with Crippen LogP contribution < -0.4 is 19.5 Å². The Labute approximate surface area is 155 Å². The van der Waals surface area contributed by atoms with Gasteiger partial charge in [-0.3, -0.25) is 4.79 Å². The van der Waals surface area contributed by atoms with Crippen molar-refractivity contribution < 1.29 is 19.0 Å². The van der Waals surface area contributed by atoms with Crippen LogP contribution in [0.15, 0.2) is 12.1 Å². The number of halogens is 1. The van der Waals surface area contributed by atoms with Crippen molar-refractivity contribution in [2.45, 2.75) is 19.3 Å². The molecule has 1 amide bonds. The monoisotopic (exact) mass is 370 g/mol. The maximum atomic E-state index is 13.0. The van der Waals surface area contributed by atoms with Gasteiger partial charge in [-0.2, -0.15) is 0 Å². The molecule has 0 bridgehead atoms. The van der Waals surface area contributed by atoms with E-state index in [0.717, 1.165) is 39.0 Å². The van der Waals surface area contributed by atoms with Gasteiger partial charge in [0.25, 0.3) is 5.91 Å². The lowest BCUT2D eigenvalue weighted by atomic mass is 9.78. The number of hydrogen-bond acceptors (Lipinski definition) is 5. The van der Waals surface area contributed by atoms with E-state index in [4.69, 9.17) is 14.2 Å². The van der Waals surface area contributed by atoms with Crippen LogP contribution in [-0.4, -0.2) is 58.3 Å². The highest BCUT2D eigenvalue weighted by molar-refractivity contribution is 5.98. The van der Waals surface area contributed by atoms with Gasteiger partial charge in [-0.1, -0.05) is 0 Å². The van der Waals surface area contributed by atoms with Gasteiger partial charge in [0.2, 0.25) is 0 Å². The Bertz CT molecular complexity index is 607. The molecule has 0 radical (unpaired) electrons. The summed E-state index contributed by atoms with van der Waals surface area (Å²) >= 11 is 0. The number of piperidine rings is 1. The van der Waals surface area contributed by atoms with Crippen molar-refractivity contribution in [3.63, 3.8) is 0 Å². The van der Waals surface area contributed by atoms with Crippen LogP contribution >= 0.6 is 12.4 Å². The molecule has 1 aromatic carbocycles. The normalized spacial score (nSPS) is 18.6. The van der Waals surface area contributed by atoms with Gasteiger partial charge >= 0.3 is 0 Å². The average molecular weight is 371 g/mol. The van der Waals surface area contributed by atoms with Crippen LogP contribution in [0.25, 0.3) is 0 Å². The minimum atomic E-state index is -0.00592. The number of nitrogens with zero attached hydrogens (tertiary/aromatic N) is 1. The highest BCUT2D eigenvalue weighted by Crippen LogP contribution is 2.39. The third kappa shape index (κ3) is 3.80. The summed E-state index contributed by atoms with van der Waals surface area (Å²) in [6, 6.07) is 3.42. The fraction of sp³-hybridized carbons (Fsp3) is 0.611. The highest BCUT2D eigenvalue weighted by atomic mass is 35.5. The molecule has 0 aliphatic carbocycles. The predicted molar refractivity (Wildman–Crippen MR) is 98.4 cm³/mol. The Kier molecular flexibility index (Phi) is 6.41. The van der Waals surface area contributed by atoms with Gasteiger partial charge in [-0.05, 0) is 31.2 Å². The van der Waals surface area contributed by atoms with Crippen LogP contribution in [-0.2, 0) is 0 Å². The Balaban J connectivity index is 0.00000225. The number of methoxy groups -OCH3 is 3. The maximum absolute atomic E-state index is 13.0. The molecule has 2 aliphatic heterocycles. The minimum Gasteiger partial charge on any atom is -0.496 e. The predicted octanol–water partition coefficient (Wildman–Crippen LogP) is 2.35. The van der Waals surface area contributed by atoms with Crippen molar-refractivity contribution >= 4 is 18.3 Å². The van der Waals surface area contributed by atoms with E-state index in [1.54, 1.807) is 33.5 Å². The van der Waals surface area contributed by atoms with E-state index < -0.39 is 0 Å². The molecule has 0 saturated carbocycles. The molecule has 7 heteroatoms. The lowest BCUT2D eigenvalue weighted by molar-refractivity contribution is 0.0604. The standard InChI is InChI=1S/C18H26N2O4.ClH/c1-22-14-11-16(24-3)15(23-2)10-13(14)17(21)20-8-5-18(6-9-20)4-7-19-12-18;/h10-11,19H,4-9,12H2,1-3H3;1H. The number of likely N-dealkylation sites (tertiary alicyclic amines) is 1. The number of hydrogen-bond donors (Lipinski definition) is 1. The molecule has 2 heterocycles. The zero-order valence-corrected chi connectivity index (χ0v) is 15.9. The maximum Gasteiger partial charge on any atom is 0.257 e. The number of benzene rings is 1. The summed E-state index contributed by atoms with van der Waals surface area (Å²) in [6.45, 7) is 3.75. The van der Waals surface area contributed by atoms with Crippen LogP contribution in [0.1, 0.15) is 29.6 Å². The first kappa shape index (κ1) is 19.7. The van der Waals surface area contributed by atoms with Crippen LogP contribution in [0.3, 0.4) is 0 Å². The second-order valence-corrected chi connectivity index (χ2v) is 6.63. The molecule has 25 heavy (non-hydrogen) atoms. The van der Waals surface area contributed by atoms with Crippen LogP contribution in [0.4, 0.5) is 0 Å². The van der Waals surface area contributed by atoms with Gasteiger partial charge < -0.3 is 24.4 Å². The van der Waals surface area contributed by atoms with Gasteiger partial charge in [0.05, 0.1) is 26.9 Å². The molecule has 2 aliphatic rings. The smallest absolute Gasteiger partial charge is 0.257 e. The molecule has 140 valence electrons. The Hall–Kier alpha value is -1.66. The fourth-order valence-corrected chi connectivity index (χ4v) is 3.77. The highest BCUT2D eigenvalue weighted by Gasteiger charge is 2.38. The summed E-state index contributed by atoms with van der Waals surface area (Å²) in [4.78, 5) is 14.9. The molecular formula is C18H27ClN2O4. The Morgan fingerprint density at radius 2 is 1.60 bits per heavy atom. The molecular weight excluding hydrogens is 344 g/mol. The lowest BCUT2D eigenvalue weighted by Crippen LogP contribution is -2.44. The zero-order chi connectivity index (χ0) is 17.2. The number of carbonyl (C=O) groups excluding carboxylic acids is 1. The minimum absolute atomic E-state index is 0. The SMILES string of the molecule is COc1cc(OC)c(C(=O)N2CCC3(CCNC3)CC2)cc1OC.Cl. The molecule has 2 fully saturated rings. The second-order valence-electron chi connectivity index (χ2n) is 6.63. The molecule has 6 nitrogen and oxygen atoms in total. The average Bonchev–Trinajstić information content (AvgIpc) is 3.08. The summed E-state index contributed by atoms with van der Waals surface area (Å²) in [6.07, 6.45) is 3.33. The van der Waals surface area contributed by atoms with E-state index >= 15 is 0 Å². The van der Waals surface area contributed by atoms with Gasteiger partial charge in [-0.25, -0.2) is 0 Å². The van der Waals surface area contributed by atoms with Gasteiger partial charge in [0.1, 0.15) is 5.75 Å². The summed E-state index contributed by atoms with van der Waals surface area (Å²) in [7, 11) is 4.70. The van der Waals surface area contributed by atoms with E-state index in [1.807, 2.05) is 4.90 Å². The van der Waals surface area contributed by atoms with E-state index in [0.29, 0.717) is 28.2 Å². The molecule has 1 N–H and O–H groups in total. The molecule has 0 unspecified atom stereocenters. The molecule has 1 spiro atoms. The topological polar surface area (TPSA) is 60.0 Å². The largest absolute Gasteiger partial charge is 0.496 e. The van der Waals surface area contributed by atoms with Crippen molar-refractivity contribution in [2.24, 2.45) is 5.41 Å². The number of nitrogens with one attached hydrogen (secondary N) is 1. The molecule has 0 aromatic heterocycles. The first-order valence-electron chi connectivity index (χ1n) is 8.42. The molecule has 0 atom stereocenters. The van der Waals surface area contributed by atoms with Crippen molar-refractivity contribution in [1.29, 1.82) is 0 Å². The zero-order valence-electron chi connectivity index (χ0n) is 15.1. The summed E-state index contributed by atoms with van der Waals surface area (Å²) in [5.41, 5.74) is 0.911. The lowest BCUT2D eigenvalue weighted by Gasteiger charge is -2.39. The molecule has 3 rings (SSSR count). The van der Waals surface area contributed by atoms with Gasteiger partial charge in [-0.15, -0.1) is 12.4 Å². The summed E-state index contributed by atoms with van der Waals surface area (Å²) in [5.74, 6) is 1.60. The van der Waals surface area contributed by atoms with E-state index in [-0.39, 0.29) is 18.3 Å². The summed E-state index contributed by atoms with van der Waals surface area (Å²) < 4.78 is 16.0. The quantitative estimate of drug-likeness (QED) is 0.881. The van der Waals surface area contributed by atoms with Crippen molar-refractivity contribution in [1.82, 2.24) is 10.2 Å². The molecule has 2 saturated heterocycles. The fourth-order valence-electron chi connectivity index (χ4n) is 3.77. The van der Waals surface area contributed by atoms with Gasteiger partial charge in [0, 0.05) is 31.8 Å². The Morgan fingerprint density at radius 3 is 2.12 bits per heavy atom. The van der Waals surface area contributed by atoms with Crippen molar-refractivity contribution in [3.05, 3.63) is 17.7 Å². The second kappa shape index (κ2) is 8.15. The van der Waals surface area contributed by atoms with Crippen LogP contribution in [0.2, 0.25) is 0 Å². The van der Waals surface area contributed by atoms with Crippen LogP contribution in [0.5, 0.6) is 17.2 Å². The summed E-state index contributed by atoms with van der Waals surface area (Å²) in [5, 5.41) is 3.45. The van der Waals surface area contributed by atoms with Gasteiger partial charge in [0.15, 0.2) is 11.5 Å². The Morgan fingerprint density at radius 1 is 1.00 bits per heavy atom.